The minimum absolute atomic E-state index is 0.0986. The van der Waals surface area contributed by atoms with Gasteiger partial charge in [-0.25, -0.2) is 4.98 Å². The summed E-state index contributed by atoms with van der Waals surface area (Å²) in [4.78, 5) is 23.9. The molecule has 0 aliphatic rings. The van der Waals surface area contributed by atoms with Crippen LogP contribution in [-0.2, 0) is 17.6 Å². The molecule has 0 saturated heterocycles. The van der Waals surface area contributed by atoms with E-state index < -0.39 is 0 Å². The molecule has 5 nitrogen and oxygen atoms in total. The predicted octanol–water partition coefficient (Wildman–Crippen LogP) is 3.65. The van der Waals surface area contributed by atoms with Gasteiger partial charge in [-0.3, -0.25) is 9.78 Å². The van der Waals surface area contributed by atoms with E-state index in [0.29, 0.717) is 6.54 Å². The zero-order chi connectivity index (χ0) is 18.5. The first-order chi connectivity index (χ1) is 12.6. The number of amides is 1. The number of rotatable bonds is 7. The van der Waals surface area contributed by atoms with Crippen molar-refractivity contribution in [2.45, 2.75) is 39.2 Å². The maximum absolute atomic E-state index is 13.0. The van der Waals surface area contributed by atoms with E-state index >= 15 is 0 Å². The number of aromatic nitrogens is 3. The van der Waals surface area contributed by atoms with Crippen molar-refractivity contribution in [3.63, 3.8) is 0 Å². The largest absolute Gasteiger partial charge is 0.344 e. The monoisotopic (exact) mass is 350 g/mol. The van der Waals surface area contributed by atoms with Gasteiger partial charge in [0.05, 0.1) is 11.0 Å². The van der Waals surface area contributed by atoms with Crippen LogP contribution < -0.4 is 0 Å². The molecule has 2 aromatic heterocycles. The van der Waals surface area contributed by atoms with Crippen molar-refractivity contribution in [2.75, 3.05) is 13.6 Å². The van der Waals surface area contributed by atoms with E-state index in [9.17, 15) is 4.79 Å². The lowest BCUT2D eigenvalue weighted by Gasteiger charge is -2.24. The lowest BCUT2D eigenvalue weighted by atomic mass is 10.2. The molecule has 1 amide bonds. The van der Waals surface area contributed by atoms with E-state index in [4.69, 9.17) is 4.98 Å². The fraction of sp³-hybridized carbons (Fsp3) is 0.381. The molecule has 0 fully saturated rings. The van der Waals surface area contributed by atoms with Crippen LogP contribution in [0.3, 0.4) is 0 Å². The quantitative estimate of drug-likeness (QED) is 0.653. The summed E-state index contributed by atoms with van der Waals surface area (Å²) in [5.74, 6) is 1.08. The summed E-state index contributed by atoms with van der Waals surface area (Å²) in [6, 6.07) is 13.6. The number of carbonyl (C=O) groups is 1. The molecule has 1 atom stereocenters. The SMILES string of the molecule is CCCc1nc2ccccc2n1[C@H](C)C(=O)N(C)CCc1ccccn1. The lowest BCUT2D eigenvalue weighted by molar-refractivity contribution is -0.132. The van der Waals surface area contributed by atoms with E-state index in [1.54, 1.807) is 11.1 Å². The topological polar surface area (TPSA) is 51.0 Å². The second kappa shape index (κ2) is 8.13. The molecule has 3 aromatic rings. The molecule has 0 bridgehead atoms. The van der Waals surface area contributed by atoms with Gasteiger partial charge in [0.2, 0.25) is 5.91 Å². The van der Waals surface area contributed by atoms with Crippen LogP contribution in [0.15, 0.2) is 48.7 Å². The summed E-state index contributed by atoms with van der Waals surface area (Å²) in [6.07, 6.45) is 4.40. The Morgan fingerprint density at radius 1 is 1.15 bits per heavy atom. The van der Waals surface area contributed by atoms with Crippen LogP contribution in [0, 0.1) is 0 Å². The normalized spacial score (nSPS) is 12.3. The molecule has 3 rings (SSSR count). The Hall–Kier alpha value is -2.69. The van der Waals surface area contributed by atoms with Gasteiger partial charge >= 0.3 is 0 Å². The number of carbonyl (C=O) groups excluding carboxylic acids is 1. The molecule has 136 valence electrons. The number of likely N-dealkylation sites (N-methyl/N-ethyl adjacent to an activating group) is 1. The number of benzene rings is 1. The fourth-order valence-electron chi connectivity index (χ4n) is 3.29. The Morgan fingerprint density at radius 2 is 1.92 bits per heavy atom. The summed E-state index contributed by atoms with van der Waals surface area (Å²) in [7, 11) is 1.86. The van der Waals surface area contributed by atoms with Gasteiger partial charge < -0.3 is 9.47 Å². The van der Waals surface area contributed by atoms with Gasteiger partial charge in [-0.1, -0.05) is 25.1 Å². The van der Waals surface area contributed by atoms with Gasteiger partial charge in [0.15, 0.2) is 0 Å². The van der Waals surface area contributed by atoms with E-state index in [-0.39, 0.29) is 11.9 Å². The van der Waals surface area contributed by atoms with Gasteiger partial charge in [0.25, 0.3) is 0 Å². The molecular formula is C21H26N4O. The standard InChI is InChI=1S/C21H26N4O/c1-4-9-20-23-18-11-5-6-12-19(18)25(20)16(2)21(26)24(3)15-13-17-10-7-8-14-22-17/h5-8,10-12,14,16H,4,9,13,15H2,1-3H3/t16-/m1/s1. The second-order valence-corrected chi connectivity index (χ2v) is 6.64. The van der Waals surface area contributed by atoms with Crippen molar-refractivity contribution in [2.24, 2.45) is 0 Å². The van der Waals surface area contributed by atoms with Crippen LogP contribution in [0.5, 0.6) is 0 Å². The van der Waals surface area contributed by atoms with E-state index in [1.165, 1.54) is 0 Å². The summed E-state index contributed by atoms with van der Waals surface area (Å²) in [5.41, 5.74) is 2.97. The Kier molecular flexibility index (Phi) is 5.66. The van der Waals surface area contributed by atoms with Crippen molar-refractivity contribution in [3.8, 4) is 0 Å². The number of hydrogen-bond acceptors (Lipinski definition) is 3. The predicted molar refractivity (Wildman–Crippen MR) is 104 cm³/mol. The number of imidazole rings is 1. The third-order valence-electron chi connectivity index (χ3n) is 4.69. The van der Waals surface area contributed by atoms with Crippen LogP contribution in [0.2, 0.25) is 0 Å². The fourth-order valence-corrected chi connectivity index (χ4v) is 3.29. The summed E-state index contributed by atoms with van der Waals surface area (Å²) >= 11 is 0. The number of fused-ring (bicyclic) bond motifs is 1. The van der Waals surface area contributed by atoms with Crippen LogP contribution in [0.4, 0.5) is 0 Å². The number of nitrogens with zero attached hydrogens (tertiary/aromatic N) is 4. The number of pyridine rings is 1. The zero-order valence-corrected chi connectivity index (χ0v) is 15.7. The van der Waals surface area contributed by atoms with E-state index in [2.05, 4.69) is 16.5 Å². The molecular weight excluding hydrogens is 324 g/mol. The van der Waals surface area contributed by atoms with Crippen LogP contribution in [0.25, 0.3) is 11.0 Å². The highest BCUT2D eigenvalue weighted by atomic mass is 16.2. The number of para-hydroxylation sites is 2. The lowest BCUT2D eigenvalue weighted by Crippen LogP contribution is -2.35. The highest BCUT2D eigenvalue weighted by Crippen LogP contribution is 2.23. The van der Waals surface area contributed by atoms with E-state index in [1.807, 2.05) is 56.4 Å². The van der Waals surface area contributed by atoms with Crippen molar-refractivity contribution >= 4 is 16.9 Å². The smallest absolute Gasteiger partial charge is 0.245 e. The maximum Gasteiger partial charge on any atom is 0.245 e. The molecule has 2 heterocycles. The molecule has 0 N–H and O–H groups in total. The minimum Gasteiger partial charge on any atom is -0.344 e. The first-order valence-electron chi connectivity index (χ1n) is 9.22. The van der Waals surface area contributed by atoms with E-state index in [0.717, 1.165) is 41.8 Å². The molecule has 0 unspecified atom stereocenters. The number of hydrogen-bond donors (Lipinski definition) is 0. The van der Waals surface area contributed by atoms with Gasteiger partial charge in [-0.05, 0) is 37.6 Å². The third kappa shape index (κ3) is 3.77. The Bertz CT molecular complexity index is 872. The Labute approximate surface area is 154 Å². The van der Waals surface area contributed by atoms with Crippen LogP contribution >= 0.6 is 0 Å². The molecule has 26 heavy (non-hydrogen) atoms. The first kappa shape index (κ1) is 18.1. The molecule has 0 radical (unpaired) electrons. The van der Waals surface area contributed by atoms with Gasteiger partial charge in [-0.15, -0.1) is 0 Å². The molecule has 5 heteroatoms. The zero-order valence-electron chi connectivity index (χ0n) is 15.7. The minimum atomic E-state index is -0.280. The highest BCUT2D eigenvalue weighted by Gasteiger charge is 2.23. The second-order valence-electron chi connectivity index (χ2n) is 6.64. The average molecular weight is 350 g/mol. The van der Waals surface area contributed by atoms with Crippen LogP contribution in [0.1, 0.15) is 37.8 Å². The summed E-state index contributed by atoms with van der Waals surface area (Å²) in [5, 5.41) is 0. The molecule has 1 aromatic carbocycles. The van der Waals surface area contributed by atoms with Crippen molar-refractivity contribution in [1.29, 1.82) is 0 Å². The third-order valence-corrected chi connectivity index (χ3v) is 4.69. The molecule has 0 aliphatic carbocycles. The van der Waals surface area contributed by atoms with Gasteiger partial charge in [0, 0.05) is 38.3 Å². The summed E-state index contributed by atoms with van der Waals surface area (Å²) < 4.78 is 2.10. The average Bonchev–Trinajstić information content (AvgIpc) is 3.04. The molecule has 0 saturated carbocycles. The molecule has 0 spiro atoms. The number of aryl methyl sites for hydroxylation is 1. The van der Waals surface area contributed by atoms with Crippen LogP contribution in [-0.4, -0.2) is 38.9 Å². The Morgan fingerprint density at radius 3 is 2.65 bits per heavy atom. The Balaban J connectivity index is 1.79. The van der Waals surface area contributed by atoms with Gasteiger partial charge in [-0.2, -0.15) is 0 Å². The van der Waals surface area contributed by atoms with Crippen molar-refractivity contribution in [3.05, 3.63) is 60.2 Å². The van der Waals surface area contributed by atoms with Gasteiger partial charge in [0.1, 0.15) is 11.9 Å². The summed E-state index contributed by atoms with van der Waals surface area (Å²) in [6.45, 7) is 4.75. The maximum atomic E-state index is 13.0. The first-order valence-corrected chi connectivity index (χ1v) is 9.22. The molecule has 0 aliphatic heterocycles. The van der Waals surface area contributed by atoms with Crippen molar-refractivity contribution < 1.29 is 4.79 Å². The highest BCUT2D eigenvalue weighted by molar-refractivity contribution is 5.84. The van der Waals surface area contributed by atoms with Crippen molar-refractivity contribution in [1.82, 2.24) is 19.4 Å².